The first-order valence-electron chi connectivity index (χ1n) is 6.97. The zero-order chi connectivity index (χ0) is 13.7. The SMILES string of the molecule is CNc1ccc(C(=O)NC2CCCCCC2O)cc1. The molecule has 2 atom stereocenters. The maximum Gasteiger partial charge on any atom is 0.251 e. The van der Waals surface area contributed by atoms with Crippen LogP contribution < -0.4 is 10.6 Å². The van der Waals surface area contributed by atoms with E-state index in [1.807, 2.05) is 19.2 Å². The van der Waals surface area contributed by atoms with E-state index >= 15 is 0 Å². The van der Waals surface area contributed by atoms with Gasteiger partial charge in [0, 0.05) is 18.3 Å². The molecular weight excluding hydrogens is 240 g/mol. The van der Waals surface area contributed by atoms with Crippen LogP contribution in [0.5, 0.6) is 0 Å². The predicted octanol–water partition coefficient (Wildman–Crippen LogP) is 2.15. The van der Waals surface area contributed by atoms with E-state index in [0.717, 1.165) is 37.8 Å². The van der Waals surface area contributed by atoms with Gasteiger partial charge in [0.1, 0.15) is 0 Å². The Kier molecular flexibility index (Phi) is 4.80. The minimum atomic E-state index is -0.414. The van der Waals surface area contributed by atoms with E-state index in [4.69, 9.17) is 0 Å². The summed E-state index contributed by atoms with van der Waals surface area (Å²) in [6.07, 6.45) is 4.49. The molecule has 19 heavy (non-hydrogen) atoms. The second-order valence-electron chi connectivity index (χ2n) is 5.11. The van der Waals surface area contributed by atoms with Gasteiger partial charge in [-0.25, -0.2) is 0 Å². The minimum Gasteiger partial charge on any atom is -0.391 e. The molecule has 0 heterocycles. The van der Waals surface area contributed by atoms with Crippen molar-refractivity contribution in [3.63, 3.8) is 0 Å². The summed E-state index contributed by atoms with van der Waals surface area (Å²) >= 11 is 0. The van der Waals surface area contributed by atoms with Gasteiger partial charge in [-0.2, -0.15) is 0 Å². The van der Waals surface area contributed by atoms with Crippen molar-refractivity contribution in [2.24, 2.45) is 0 Å². The molecule has 0 aliphatic heterocycles. The second-order valence-corrected chi connectivity index (χ2v) is 5.11. The highest BCUT2D eigenvalue weighted by atomic mass is 16.3. The quantitative estimate of drug-likeness (QED) is 0.731. The lowest BCUT2D eigenvalue weighted by molar-refractivity contribution is 0.0819. The number of aliphatic hydroxyl groups is 1. The van der Waals surface area contributed by atoms with Crippen LogP contribution in [0.15, 0.2) is 24.3 Å². The van der Waals surface area contributed by atoms with Crippen LogP contribution in [-0.4, -0.2) is 30.2 Å². The second kappa shape index (κ2) is 6.57. The predicted molar refractivity (Wildman–Crippen MR) is 76.3 cm³/mol. The van der Waals surface area contributed by atoms with Crippen LogP contribution in [0.4, 0.5) is 5.69 Å². The summed E-state index contributed by atoms with van der Waals surface area (Å²) in [5.74, 6) is -0.103. The van der Waals surface area contributed by atoms with Gasteiger partial charge in [-0.05, 0) is 37.1 Å². The molecule has 0 bridgehead atoms. The van der Waals surface area contributed by atoms with Gasteiger partial charge in [-0.15, -0.1) is 0 Å². The van der Waals surface area contributed by atoms with E-state index in [1.54, 1.807) is 12.1 Å². The smallest absolute Gasteiger partial charge is 0.251 e. The van der Waals surface area contributed by atoms with Crippen molar-refractivity contribution in [2.45, 2.75) is 44.2 Å². The fourth-order valence-corrected chi connectivity index (χ4v) is 2.50. The Bertz CT molecular complexity index is 417. The summed E-state index contributed by atoms with van der Waals surface area (Å²) in [6.45, 7) is 0. The molecule has 1 amide bonds. The van der Waals surface area contributed by atoms with E-state index in [-0.39, 0.29) is 11.9 Å². The summed E-state index contributed by atoms with van der Waals surface area (Å²) in [5.41, 5.74) is 1.61. The van der Waals surface area contributed by atoms with E-state index in [1.165, 1.54) is 0 Å². The van der Waals surface area contributed by atoms with E-state index in [9.17, 15) is 9.90 Å². The van der Waals surface area contributed by atoms with Crippen molar-refractivity contribution in [2.75, 3.05) is 12.4 Å². The number of anilines is 1. The first-order valence-corrected chi connectivity index (χ1v) is 6.97. The van der Waals surface area contributed by atoms with Crippen LogP contribution in [0.1, 0.15) is 42.5 Å². The molecule has 1 aromatic rings. The molecule has 1 fully saturated rings. The molecule has 4 nitrogen and oxygen atoms in total. The molecule has 2 rings (SSSR count). The first-order chi connectivity index (χ1) is 9.20. The third-order valence-electron chi connectivity index (χ3n) is 3.73. The van der Waals surface area contributed by atoms with Crippen LogP contribution in [0.2, 0.25) is 0 Å². The van der Waals surface area contributed by atoms with Gasteiger partial charge in [-0.1, -0.05) is 19.3 Å². The van der Waals surface area contributed by atoms with Gasteiger partial charge < -0.3 is 15.7 Å². The summed E-state index contributed by atoms with van der Waals surface area (Å²) in [6, 6.07) is 7.23. The van der Waals surface area contributed by atoms with Gasteiger partial charge in [-0.3, -0.25) is 4.79 Å². The summed E-state index contributed by atoms with van der Waals surface area (Å²) in [7, 11) is 1.84. The number of amides is 1. The third kappa shape index (κ3) is 3.70. The standard InChI is InChI=1S/C15H22N2O2/c1-16-12-9-7-11(8-10-12)15(19)17-13-5-3-2-4-6-14(13)18/h7-10,13-14,16,18H,2-6H2,1H3,(H,17,19). The van der Waals surface area contributed by atoms with Crippen LogP contribution in [0.25, 0.3) is 0 Å². The Morgan fingerprint density at radius 2 is 1.84 bits per heavy atom. The Balaban J connectivity index is 1.98. The molecule has 1 saturated carbocycles. The number of hydrogen-bond donors (Lipinski definition) is 3. The van der Waals surface area contributed by atoms with Crippen molar-refractivity contribution in [1.29, 1.82) is 0 Å². The molecule has 0 spiro atoms. The molecule has 0 aromatic heterocycles. The van der Waals surface area contributed by atoms with Gasteiger partial charge in [0.05, 0.1) is 12.1 Å². The molecular formula is C15H22N2O2. The number of rotatable bonds is 3. The molecule has 0 radical (unpaired) electrons. The zero-order valence-corrected chi connectivity index (χ0v) is 11.4. The number of nitrogens with one attached hydrogen (secondary N) is 2. The Morgan fingerprint density at radius 1 is 1.16 bits per heavy atom. The van der Waals surface area contributed by atoms with E-state index in [0.29, 0.717) is 5.56 Å². The molecule has 0 saturated heterocycles. The number of aliphatic hydroxyl groups excluding tert-OH is 1. The summed E-state index contributed by atoms with van der Waals surface area (Å²) in [5, 5.41) is 16.0. The van der Waals surface area contributed by atoms with Crippen molar-refractivity contribution < 1.29 is 9.90 Å². The first kappa shape index (κ1) is 13.9. The number of carbonyl (C=O) groups excluding carboxylic acids is 1. The van der Waals surface area contributed by atoms with Crippen molar-refractivity contribution in [3.8, 4) is 0 Å². The lowest BCUT2D eigenvalue weighted by Gasteiger charge is -2.21. The molecule has 1 aliphatic rings. The summed E-state index contributed by atoms with van der Waals surface area (Å²) in [4.78, 5) is 12.1. The van der Waals surface area contributed by atoms with Gasteiger partial charge >= 0.3 is 0 Å². The molecule has 1 aliphatic carbocycles. The topological polar surface area (TPSA) is 61.4 Å². The van der Waals surface area contributed by atoms with Gasteiger partial charge in [0.15, 0.2) is 0 Å². The molecule has 4 heteroatoms. The fraction of sp³-hybridized carbons (Fsp3) is 0.533. The highest BCUT2D eigenvalue weighted by Crippen LogP contribution is 2.18. The number of hydrogen-bond acceptors (Lipinski definition) is 3. The monoisotopic (exact) mass is 262 g/mol. The van der Waals surface area contributed by atoms with Crippen molar-refractivity contribution in [3.05, 3.63) is 29.8 Å². The van der Waals surface area contributed by atoms with E-state index in [2.05, 4.69) is 10.6 Å². The van der Waals surface area contributed by atoms with Crippen LogP contribution in [0, 0.1) is 0 Å². The maximum atomic E-state index is 12.1. The van der Waals surface area contributed by atoms with Gasteiger partial charge in [0.25, 0.3) is 5.91 Å². The Morgan fingerprint density at radius 3 is 2.53 bits per heavy atom. The van der Waals surface area contributed by atoms with Crippen LogP contribution >= 0.6 is 0 Å². The van der Waals surface area contributed by atoms with Crippen LogP contribution in [-0.2, 0) is 0 Å². The van der Waals surface area contributed by atoms with Crippen molar-refractivity contribution >= 4 is 11.6 Å². The van der Waals surface area contributed by atoms with E-state index < -0.39 is 6.10 Å². The molecule has 104 valence electrons. The largest absolute Gasteiger partial charge is 0.391 e. The summed E-state index contributed by atoms with van der Waals surface area (Å²) < 4.78 is 0. The average molecular weight is 262 g/mol. The normalized spacial score (nSPS) is 23.5. The zero-order valence-electron chi connectivity index (χ0n) is 11.4. The lowest BCUT2D eigenvalue weighted by Crippen LogP contribution is -2.42. The lowest BCUT2D eigenvalue weighted by atomic mass is 10.1. The Labute approximate surface area is 114 Å². The fourth-order valence-electron chi connectivity index (χ4n) is 2.50. The maximum absolute atomic E-state index is 12.1. The highest BCUT2D eigenvalue weighted by molar-refractivity contribution is 5.94. The minimum absolute atomic E-state index is 0.103. The highest BCUT2D eigenvalue weighted by Gasteiger charge is 2.23. The molecule has 2 unspecified atom stereocenters. The van der Waals surface area contributed by atoms with Gasteiger partial charge in [0.2, 0.25) is 0 Å². The number of benzene rings is 1. The average Bonchev–Trinajstić information content (AvgIpc) is 2.64. The van der Waals surface area contributed by atoms with Crippen molar-refractivity contribution in [1.82, 2.24) is 5.32 Å². The Hall–Kier alpha value is -1.55. The number of carbonyl (C=O) groups is 1. The molecule has 3 N–H and O–H groups in total. The molecule has 1 aromatic carbocycles. The van der Waals surface area contributed by atoms with Crippen LogP contribution in [0.3, 0.4) is 0 Å². The third-order valence-corrected chi connectivity index (χ3v) is 3.73.